The number of pyridine rings is 2. The van der Waals surface area contributed by atoms with E-state index < -0.39 is 11.6 Å². The Hall–Kier alpha value is -4.05. The van der Waals surface area contributed by atoms with Crippen LogP contribution >= 0.6 is 0 Å². The van der Waals surface area contributed by atoms with Crippen LogP contribution in [0.5, 0.6) is 0 Å². The summed E-state index contributed by atoms with van der Waals surface area (Å²) >= 11 is 0. The number of nitrogens with one attached hydrogen (secondary N) is 2. The average Bonchev–Trinajstić information content (AvgIpc) is 3.15. The molecule has 3 aromatic heterocycles. The number of aromatic amines is 1. The van der Waals surface area contributed by atoms with Crippen LogP contribution in [0.2, 0.25) is 0 Å². The number of nitrogen functional groups attached to an aromatic ring is 1. The molecule has 4 N–H and O–H groups in total. The third-order valence-electron chi connectivity index (χ3n) is 4.46. The molecule has 3 heterocycles. The van der Waals surface area contributed by atoms with Crippen molar-refractivity contribution in [1.82, 2.24) is 25.5 Å². The molecule has 0 bridgehead atoms. The quantitative estimate of drug-likeness (QED) is 0.384. The first-order valence-electron chi connectivity index (χ1n) is 9.36. The molecule has 0 spiro atoms. The zero-order valence-electron chi connectivity index (χ0n) is 16.2. The summed E-state index contributed by atoms with van der Waals surface area (Å²) in [6.45, 7) is 0.300. The number of azo groups is 1. The van der Waals surface area contributed by atoms with Crippen molar-refractivity contribution in [1.29, 1.82) is 0 Å². The van der Waals surface area contributed by atoms with Crippen molar-refractivity contribution in [3.05, 3.63) is 95.7 Å². The molecule has 4 aromatic rings. The second kappa shape index (κ2) is 9.18. The maximum Gasteiger partial charge on any atom is 0.173 e. The Morgan fingerprint density at radius 1 is 0.935 bits per heavy atom. The Bertz CT molecular complexity index is 1140. The molecular formula is C21H18F2N8. The molecule has 0 radical (unpaired) electrons. The average molecular weight is 420 g/mol. The van der Waals surface area contributed by atoms with E-state index in [9.17, 15) is 8.78 Å². The molecule has 0 aliphatic rings. The lowest BCUT2D eigenvalue weighted by atomic mass is 10.1. The lowest BCUT2D eigenvalue weighted by molar-refractivity contribution is 0.509. The number of halogens is 2. The lowest BCUT2D eigenvalue weighted by Gasteiger charge is -2.17. The molecule has 0 saturated carbocycles. The molecule has 0 aliphatic heterocycles. The Kier molecular flexibility index (Phi) is 5.99. The first-order valence-corrected chi connectivity index (χ1v) is 9.36. The number of nitrogens with zero attached hydrogens (tertiary/aromatic N) is 5. The van der Waals surface area contributed by atoms with E-state index in [0.717, 1.165) is 23.5 Å². The van der Waals surface area contributed by atoms with Crippen LogP contribution in [0.1, 0.15) is 23.1 Å². The molecule has 10 heteroatoms. The van der Waals surface area contributed by atoms with Crippen LogP contribution < -0.4 is 11.1 Å². The van der Waals surface area contributed by atoms with Crippen molar-refractivity contribution in [3.8, 4) is 0 Å². The zero-order valence-corrected chi connectivity index (χ0v) is 16.2. The van der Waals surface area contributed by atoms with E-state index in [4.69, 9.17) is 5.73 Å². The fraction of sp³-hybridized carbons (Fsp3) is 0.0952. The number of rotatable bonds is 7. The Labute approximate surface area is 176 Å². The van der Waals surface area contributed by atoms with E-state index in [0.29, 0.717) is 17.9 Å². The molecular weight excluding hydrogens is 402 g/mol. The molecule has 156 valence electrons. The van der Waals surface area contributed by atoms with Crippen molar-refractivity contribution in [2.45, 2.75) is 12.6 Å². The number of aromatic nitrogens is 4. The van der Waals surface area contributed by atoms with Gasteiger partial charge in [-0.1, -0.05) is 12.1 Å². The predicted molar refractivity (Wildman–Crippen MR) is 111 cm³/mol. The summed E-state index contributed by atoms with van der Waals surface area (Å²) in [5.74, 6) is -1.83. The van der Waals surface area contributed by atoms with Gasteiger partial charge in [-0.25, -0.2) is 8.78 Å². The van der Waals surface area contributed by atoms with Gasteiger partial charge in [0.15, 0.2) is 23.1 Å². The molecule has 0 fully saturated rings. The van der Waals surface area contributed by atoms with Crippen molar-refractivity contribution in [2.24, 2.45) is 10.2 Å². The first kappa shape index (κ1) is 20.2. The fourth-order valence-corrected chi connectivity index (χ4v) is 2.94. The van der Waals surface area contributed by atoms with Gasteiger partial charge in [-0.2, -0.15) is 10.2 Å². The summed E-state index contributed by atoms with van der Waals surface area (Å²) in [7, 11) is 0. The van der Waals surface area contributed by atoms with Crippen molar-refractivity contribution >= 4 is 17.2 Å². The first-order chi connectivity index (χ1) is 15.1. The Morgan fingerprint density at radius 3 is 2.26 bits per heavy atom. The van der Waals surface area contributed by atoms with E-state index in [1.165, 1.54) is 6.07 Å². The topological polar surface area (TPSA) is 117 Å². The van der Waals surface area contributed by atoms with Crippen molar-refractivity contribution in [2.75, 3.05) is 5.73 Å². The zero-order chi connectivity index (χ0) is 21.6. The van der Waals surface area contributed by atoms with E-state index in [-0.39, 0.29) is 17.5 Å². The van der Waals surface area contributed by atoms with Gasteiger partial charge < -0.3 is 5.73 Å². The Morgan fingerprint density at radius 2 is 1.65 bits per heavy atom. The number of anilines is 1. The number of hydrogen-bond acceptors (Lipinski definition) is 7. The minimum absolute atomic E-state index is 0.135. The highest BCUT2D eigenvalue weighted by Gasteiger charge is 2.18. The summed E-state index contributed by atoms with van der Waals surface area (Å²) in [6.07, 6.45) is 3.42. The van der Waals surface area contributed by atoms with Gasteiger partial charge in [0.2, 0.25) is 0 Å². The van der Waals surface area contributed by atoms with Gasteiger partial charge >= 0.3 is 0 Å². The molecule has 8 nitrogen and oxygen atoms in total. The van der Waals surface area contributed by atoms with Gasteiger partial charge in [0, 0.05) is 25.0 Å². The maximum absolute atomic E-state index is 13.4. The van der Waals surface area contributed by atoms with Gasteiger partial charge in [-0.05, 0) is 36.4 Å². The van der Waals surface area contributed by atoms with Crippen molar-refractivity contribution in [3.63, 3.8) is 0 Å². The highest BCUT2D eigenvalue weighted by molar-refractivity contribution is 5.60. The van der Waals surface area contributed by atoms with E-state index in [2.05, 4.69) is 35.7 Å². The van der Waals surface area contributed by atoms with Gasteiger partial charge in [0.05, 0.1) is 28.8 Å². The predicted octanol–water partition coefficient (Wildman–Crippen LogP) is 4.35. The molecule has 1 aromatic carbocycles. The number of nitrogens with two attached hydrogens (primary N) is 1. The summed E-state index contributed by atoms with van der Waals surface area (Å²) in [5, 5.41) is 18.2. The van der Waals surface area contributed by atoms with Crippen LogP contribution in [-0.2, 0) is 6.54 Å². The molecule has 0 atom stereocenters. The van der Waals surface area contributed by atoms with Gasteiger partial charge in [-0.15, -0.1) is 5.11 Å². The number of benzene rings is 1. The highest BCUT2D eigenvalue weighted by Crippen LogP contribution is 2.28. The van der Waals surface area contributed by atoms with Crippen LogP contribution in [0.4, 0.5) is 26.0 Å². The van der Waals surface area contributed by atoms with E-state index in [1.807, 2.05) is 36.4 Å². The summed E-state index contributed by atoms with van der Waals surface area (Å²) in [6, 6.07) is 14.2. The summed E-state index contributed by atoms with van der Waals surface area (Å²) in [5.41, 5.74) is 8.51. The van der Waals surface area contributed by atoms with E-state index >= 15 is 0 Å². The van der Waals surface area contributed by atoms with Crippen LogP contribution in [0.15, 0.2) is 77.2 Å². The summed E-state index contributed by atoms with van der Waals surface area (Å²) < 4.78 is 26.5. The summed E-state index contributed by atoms with van der Waals surface area (Å²) in [4.78, 5) is 8.85. The monoisotopic (exact) mass is 420 g/mol. The van der Waals surface area contributed by atoms with E-state index in [1.54, 1.807) is 12.4 Å². The second-order valence-electron chi connectivity index (χ2n) is 6.56. The minimum Gasteiger partial charge on any atom is -0.380 e. The van der Waals surface area contributed by atoms with Crippen LogP contribution in [0, 0.1) is 11.6 Å². The molecule has 4 rings (SSSR count). The second-order valence-corrected chi connectivity index (χ2v) is 6.56. The fourth-order valence-electron chi connectivity index (χ4n) is 2.94. The molecule has 0 unspecified atom stereocenters. The van der Waals surface area contributed by atoms with Gasteiger partial charge in [0.1, 0.15) is 0 Å². The number of hydrogen-bond donors (Lipinski definition) is 3. The standard InChI is InChI=1S/C21H18F2N8/c22-14-8-7-13(11-15(14)23)28-30-20-18(29-31-21(20)24)12-27-19(16-5-1-3-9-25-16)17-6-2-4-10-26-17/h1-11,19,27H,12H2,(H3,24,29,31). The van der Waals surface area contributed by atoms with Crippen LogP contribution in [0.25, 0.3) is 0 Å². The third kappa shape index (κ3) is 4.75. The van der Waals surface area contributed by atoms with Crippen LogP contribution in [-0.4, -0.2) is 20.2 Å². The SMILES string of the molecule is Nc1n[nH]c(CNC(c2ccccn2)c2ccccn2)c1N=Nc1ccc(F)c(F)c1. The molecule has 0 amide bonds. The highest BCUT2D eigenvalue weighted by atomic mass is 19.2. The molecule has 0 aliphatic carbocycles. The lowest BCUT2D eigenvalue weighted by Crippen LogP contribution is -2.24. The molecule has 0 saturated heterocycles. The van der Waals surface area contributed by atoms with Crippen molar-refractivity contribution < 1.29 is 8.78 Å². The largest absolute Gasteiger partial charge is 0.380 e. The van der Waals surface area contributed by atoms with Gasteiger partial charge in [-0.3, -0.25) is 20.4 Å². The normalized spacial score (nSPS) is 11.5. The van der Waals surface area contributed by atoms with Gasteiger partial charge in [0.25, 0.3) is 0 Å². The van der Waals surface area contributed by atoms with Crippen LogP contribution in [0.3, 0.4) is 0 Å². The minimum atomic E-state index is -1.01. The smallest absolute Gasteiger partial charge is 0.173 e. The Balaban J connectivity index is 1.56. The molecule has 31 heavy (non-hydrogen) atoms. The third-order valence-corrected chi connectivity index (χ3v) is 4.46. The maximum atomic E-state index is 13.4. The number of H-pyrrole nitrogens is 1.